The van der Waals surface area contributed by atoms with Crippen molar-refractivity contribution in [3.8, 4) is 0 Å². The van der Waals surface area contributed by atoms with E-state index in [2.05, 4.69) is 5.32 Å². The van der Waals surface area contributed by atoms with Crippen molar-refractivity contribution in [1.29, 1.82) is 0 Å². The highest BCUT2D eigenvalue weighted by Gasteiger charge is 2.13. The Morgan fingerprint density at radius 1 is 1.33 bits per heavy atom. The van der Waals surface area contributed by atoms with Crippen molar-refractivity contribution in [3.05, 3.63) is 47.2 Å². The third-order valence-corrected chi connectivity index (χ3v) is 3.62. The number of hydrogen-bond donors (Lipinski definition) is 3. The van der Waals surface area contributed by atoms with Gasteiger partial charge in [-0.3, -0.25) is 0 Å². The lowest BCUT2D eigenvalue weighted by Gasteiger charge is -2.08. The van der Waals surface area contributed by atoms with Crippen LogP contribution in [0.3, 0.4) is 0 Å². The van der Waals surface area contributed by atoms with Crippen molar-refractivity contribution >= 4 is 21.7 Å². The van der Waals surface area contributed by atoms with Crippen LogP contribution in [0.4, 0.5) is 5.69 Å². The Labute approximate surface area is 121 Å². The van der Waals surface area contributed by atoms with Crippen LogP contribution in [-0.2, 0) is 16.6 Å². The molecule has 0 radical (unpaired) electrons. The van der Waals surface area contributed by atoms with Crippen LogP contribution in [0.1, 0.15) is 21.7 Å². The molecule has 4 N–H and O–H groups in total. The molecule has 21 heavy (non-hydrogen) atoms. The maximum atomic E-state index is 11.1. The van der Waals surface area contributed by atoms with E-state index in [1.807, 2.05) is 0 Å². The minimum atomic E-state index is -3.85. The van der Waals surface area contributed by atoms with Crippen LogP contribution in [-0.4, -0.2) is 19.5 Å². The second-order valence-corrected chi connectivity index (χ2v) is 5.95. The summed E-state index contributed by atoms with van der Waals surface area (Å²) in [5, 5.41) is 16.6. The van der Waals surface area contributed by atoms with Gasteiger partial charge in [0.2, 0.25) is 5.09 Å². The second-order valence-electron chi connectivity index (χ2n) is 4.45. The quantitative estimate of drug-likeness (QED) is 0.770. The van der Waals surface area contributed by atoms with Crippen LogP contribution in [0.25, 0.3) is 0 Å². The SMILES string of the molecule is Cc1cc(C(=O)O)ccc1NCc1ccc(S(N)(=O)=O)o1. The Hall–Kier alpha value is -2.32. The molecule has 0 amide bonds. The second kappa shape index (κ2) is 5.58. The summed E-state index contributed by atoms with van der Waals surface area (Å²) in [6, 6.07) is 7.46. The van der Waals surface area contributed by atoms with Gasteiger partial charge in [-0.1, -0.05) is 0 Å². The summed E-state index contributed by atoms with van der Waals surface area (Å²) < 4.78 is 27.3. The van der Waals surface area contributed by atoms with Crippen LogP contribution < -0.4 is 10.5 Å². The summed E-state index contributed by atoms with van der Waals surface area (Å²) in [5.74, 6) is -0.589. The van der Waals surface area contributed by atoms with Gasteiger partial charge in [0.1, 0.15) is 5.76 Å². The predicted octanol–water partition coefficient (Wildman–Crippen LogP) is 1.55. The first-order valence-electron chi connectivity index (χ1n) is 5.96. The molecular weight excluding hydrogens is 296 g/mol. The molecule has 0 aliphatic heterocycles. The molecule has 7 nitrogen and oxygen atoms in total. The lowest BCUT2D eigenvalue weighted by atomic mass is 10.1. The maximum absolute atomic E-state index is 11.1. The van der Waals surface area contributed by atoms with Gasteiger partial charge in [0.25, 0.3) is 10.0 Å². The lowest BCUT2D eigenvalue weighted by Crippen LogP contribution is -2.10. The van der Waals surface area contributed by atoms with E-state index in [0.717, 1.165) is 11.3 Å². The Bertz CT molecular complexity index is 780. The van der Waals surface area contributed by atoms with Gasteiger partial charge in [0.15, 0.2) is 0 Å². The summed E-state index contributed by atoms with van der Waals surface area (Å²) in [4.78, 5) is 10.8. The number of furan rings is 1. The van der Waals surface area contributed by atoms with E-state index in [4.69, 9.17) is 14.7 Å². The molecule has 112 valence electrons. The Morgan fingerprint density at radius 2 is 2.05 bits per heavy atom. The van der Waals surface area contributed by atoms with Gasteiger partial charge >= 0.3 is 5.97 Å². The van der Waals surface area contributed by atoms with E-state index in [0.29, 0.717) is 5.76 Å². The average Bonchev–Trinajstić information content (AvgIpc) is 2.85. The molecule has 0 saturated heterocycles. The number of aromatic carboxylic acids is 1. The summed E-state index contributed by atoms with van der Waals surface area (Å²) in [6.45, 7) is 2.02. The van der Waals surface area contributed by atoms with E-state index >= 15 is 0 Å². The van der Waals surface area contributed by atoms with Crippen molar-refractivity contribution in [2.24, 2.45) is 5.14 Å². The summed E-state index contributed by atoms with van der Waals surface area (Å²) in [7, 11) is -3.85. The molecule has 2 rings (SSSR count). The number of aryl methyl sites for hydroxylation is 1. The minimum Gasteiger partial charge on any atom is -0.478 e. The monoisotopic (exact) mass is 310 g/mol. The highest BCUT2D eigenvalue weighted by molar-refractivity contribution is 7.89. The zero-order valence-electron chi connectivity index (χ0n) is 11.2. The fraction of sp³-hybridized carbons (Fsp3) is 0.154. The first-order chi connectivity index (χ1) is 9.77. The third-order valence-electron chi connectivity index (χ3n) is 2.84. The van der Waals surface area contributed by atoms with Gasteiger partial charge in [0, 0.05) is 5.69 Å². The van der Waals surface area contributed by atoms with Crippen LogP contribution >= 0.6 is 0 Å². The first kappa shape index (κ1) is 15.1. The van der Waals surface area contributed by atoms with E-state index < -0.39 is 16.0 Å². The third kappa shape index (κ3) is 3.61. The van der Waals surface area contributed by atoms with Crippen molar-refractivity contribution in [3.63, 3.8) is 0 Å². The Kier molecular flexibility index (Phi) is 4.01. The standard InChI is InChI=1S/C13H14N2O5S/c1-8-6-9(13(16)17)2-4-11(8)15-7-10-3-5-12(20-10)21(14,18)19/h2-6,15H,7H2,1H3,(H,16,17)(H2,14,18,19). The molecule has 1 heterocycles. The number of nitrogens with one attached hydrogen (secondary N) is 1. The lowest BCUT2D eigenvalue weighted by molar-refractivity contribution is 0.0697. The number of rotatable bonds is 5. The van der Waals surface area contributed by atoms with Gasteiger partial charge in [0.05, 0.1) is 12.1 Å². The van der Waals surface area contributed by atoms with E-state index in [-0.39, 0.29) is 17.2 Å². The molecule has 0 spiro atoms. The molecular formula is C13H14N2O5S. The molecule has 1 aromatic carbocycles. The fourth-order valence-electron chi connectivity index (χ4n) is 1.78. The van der Waals surface area contributed by atoms with Crippen LogP contribution in [0.5, 0.6) is 0 Å². The number of carbonyl (C=O) groups is 1. The smallest absolute Gasteiger partial charge is 0.335 e. The van der Waals surface area contributed by atoms with Crippen LogP contribution in [0, 0.1) is 6.92 Å². The molecule has 2 aromatic rings. The topological polar surface area (TPSA) is 123 Å². The molecule has 0 fully saturated rings. The zero-order chi connectivity index (χ0) is 15.6. The average molecular weight is 310 g/mol. The molecule has 0 aliphatic carbocycles. The molecule has 0 unspecified atom stereocenters. The number of benzene rings is 1. The number of nitrogens with two attached hydrogens (primary N) is 1. The number of carboxylic acids is 1. The van der Waals surface area contributed by atoms with Crippen LogP contribution in [0.2, 0.25) is 0 Å². The summed E-state index contributed by atoms with van der Waals surface area (Å²) in [5.41, 5.74) is 1.69. The van der Waals surface area contributed by atoms with E-state index in [1.165, 1.54) is 18.2 Å². The summed E-state index contributed by atoms with van der Waals surface area (Å²) in [6.07, 6.45) is 0. The van der Waals surface area contributed by atoms with Crippen molar-refractivity contribution in [2.75, 3.05) is 5.32 Å². The highest BCUT2D eigenvalue weighted by Crippen LogP contribution is 2.19. The van der Waals surface area contributed by atoms with Crippen molar-refractivity contribution < 1.29 is 22.7 Å². The summed E-state index contributed by atoms with van der Waals surface area (Å²) >= 11 is 0. The van der Waals surface area contributed by atoms with Gasteiger partial charge < -0.3 is 14.8 Å². The van der Waals surface area contributed by atoms with Gasteiger partial charge in [-0.05, 0) is 42.8 Å². The Balaban J connectivity index is 2.10. The molecule has 8 heteroatoms. The Morgan fingerprint density at radius 3 is 2.57 bits per heavy atom. The molecule has 0 saturated carbocycles. The largest absolute Gasteiger partial charge is 0.478 e. The van der Waals surface area contributed by atoms with Crippen molar-refractivity contribution in [2.45, 2.75) is 18.6 Å². The normalized spacial score (nSPS) is 11.3. The number of anilines is 1. The van der Waals surface area contributed by atoms with E-state index in [1.54, 1.807) is 19.1 Å². The number of carboxylic acid groups (broad SMARTS) is 1. The molecule has 1 aromatic heterocycles. The molecule has 0 aliphatic rings. The van der Waals surface area contributed by atoms with E-state index in [9.17, 15) is 13.2 Å². The van der Waals surface area contributed by atoms with Gasteiger partial charge in [-0.2, -0.15) is 0 Å². The molecule has 0 atom stereocenters. The molecule has 0 bridgehead atoms. The minimum absolute atomic E-state index is 0.201. The van der Waals surface area contributed by atoms with Gasteiger partial charge in [-0.15, -0.1) is 0 Å². The van der Waals surface area contributed by atoms with Crippen LogP contribution in [0.15, 0.2) is 39.8 Å². The number of hydrogen-bond acceptors (Lipinski definition) is 5. The maximum Gasteiger partial charge on any atom is 0.335 e. The fourth-order valence-corrected chi connectivity index (χ4v) is 2.26. The zero-order valence-corrected chi connectivity index (χ0v) is 12.0. The first-order valence-corrected chi connectivity index (χ1v) is 7.51. The predicted molar refractivity (Wildman–Crippen MR) is 75.5 cm³/mol. The highest BCUT2D eigenvalue weighted by atomic mass is 32.2. The number of primary sulfonamides is 1. The van der Waals surface area contributed by atoms with Crippen molar-refractivity contribution in [1.82, 2.24) is 0 Å². The number of sulfonamides is 1. The van der Waals surface area contributed by atoms with Gasteiger partial charge in [-0.25, -0.2) is 18.4 Å².